The van der Waals surface area contributed by atoms with Crippen LogP contribution in [0.25, 0.3) is 22.2 Å². The van der Waals surface area contributed by atoms with Gasteiger partial charge in [0.15, 0.2) is 0 Å². The third-order valence-electron chi connectivity index (χ3n) is 5.75. The lowest BCUT2D eigenvalue weighted by molar-refractivity contribution is 0.102. The molecule has 3 heterocycles. The zero-order valence-electron chi connectivity index (χ0n) is 18.3. The molecular weight excluding hydrogens is 471 g/mol. The number of nitrogens with one attached hydrogen (secondary N) is 1. The first kappa shape index (κ1) is 22.6. The first-order valence-corrected chi connectivity index (χ1v) is 12.4. The molecule has 2 aromatic heterocycles. The number of nitrogens with zero attached hydrogens (tertiary/aromatic N) is 3. The molecule has 0 spiro atoms. The van der Waals surface area contributed by atoms with Gasteiger partial charge in [-0.25, -0.2) is 4.39 Å². The molecule has 1 N–H and O–H groups in total. The summed E-state index contributed by atoms with van der Waals surface area (Å²) in [5.41, 5.74) is 3.39. The zero-order chi connectivity index (χ0) is 23.5. The Balaban J connectivity index is 1.40. The van der Waals surface area contributed by atoms with Crippen molar-refractivity contribution in [3.05, 3.63) is 83.4 Å². The van der Waals surface area contributed by atoms with Crippen molar-refractivity contribution in [1.29, 1.82) is 0 Å². The molecule has 4 aromatic rings. The number of pyridine rings is 2. The molecule has 5 nitrogen and oxygen atoms in total. The number of anilines is 2. The van der Waals surface area contributed by atoms with Gasteiger partial charge in [0.1, 0.15) is 5.82 Å². The minimum atomic E-state index is -0.546. The van der Waals surface area contributed by atoms with E-state index in [4.69, 9.17) is 11.6 Å². The van der Waals surface area contributed by atoms with Gasteiger partial charge >= 0.3 is 0 Å². The number of halogens is 2. The predicted molar refractivity (Wildman–Crippen MR) is 138 cm³/mol. The van der Waals surface area contributed by atoms with Crippen molar-refractivity contribution >= 4 is 51.7 Å². The van der Waals surface area contributed by atoms with Crippen LogP contribution >= 0.6 is 23.5 Å². The van der Waals surface area contributed by atoms with Gasteiger partial charge in [-0.2, -0.15) is 0 Å². The smallest absolute Gasteiger partial charge is 0.258 e. The number of carbonyl (C=O) groups is 1. The van der Waals surface area contributed by atoms with Gasteiger partial charge in [0.05, 0.1) is 21.8 Å². The maximum Gasteiger partial charge on any atom is 0.258 e. The molecule has 8 heteroatoms. The second-order valence-corrected chi connectivity index (χ2v) is 9.55. The first-order chi connectivity index (χ1) is 16.6. The number of carbonyl (C=O) groups excluding carboxylic acids is 1. The molecule has 0 atom stereocenters. The van der Waals surface area contributed by atoms with Crippen molar-refractivity contribution in [2.24, 2.45) is 0 Å². The standard InChI is InChI=1S/C26H22ClFN4OS/c27-22-9-6-17(15-21(22)25-20-5-4-11-29-24(20)10-12-30-25)31-26(33)19-8-7-18(16-23(19)28)32-13-2-1-3-14-34-32/h4-12,15-16H,1-3,13-14H2,(H,31,33). The fourth-order valence-electron chi connectivity index (χ4n) is 4.02. The minimum Gasteiger partial charge on any atom is -0.322 e. The molecule has 34 heavy (non-hydrogen) atoms. The average Bonchev–Trinajstić information content (AvgIpc) is 3.14. The monoisotopic (exact) mass is 492 g/mol. The molecular formula is C26H22ClFN4OS. The number of amides is 1. The Morgan fingerprint density at radius 1 is 1.03 bits per heavy atom. The summed E-state index contributed by atoms with van der Waals surface area (Å²) < 4.78 is 17.0. The van der Waals surface area contributed by atoms with Crippen molar-refractivity contribution in [3.63, 3.8) is 0 Å². The van der Waals surface area contributed by atoms with E-state index in [1.165, 1.54) is 12.5 Å². The topological polar surface area (TPSA) is 58.1 Å². The molecule has 0 unspecified atom stereocenters. The fraction of sp³-hybridized carbons (Fsp3) is 0.192. The second-order valence-electron chi connectivity index (χ2n) is 8.04. The fourth-order valence-corrected chi connectivity index (χ4v) is 5.30. The van der Waals surface area contributed by atoms with Gasteiger partial charge in [-0.1, -0.05) is 18.0 Å². The van der Waals surface area contributed by atoms with E-state index >= 15 is 0 Å². The summed E-state index contributed by atoms with van der Waals surface area (Å²) in [6.45, 7) is 0.876. The molecule has 1 aliphatic heterocycles. The number of benzene rings is 2. The molecule has 1 saturated heterocycles. The number of hydrogen-bond donors (Lipinski definition) is 1. The third kappa shape index (κ3) is 4.72. The maximum absolute atomic E-state index is 14.9. The lowest BCUT2D eigenvalue weighted by Gasteiger charge is -2.21. The van der Waals surface area contributed by atoms with Crippen LogP contribution in [0.3, 0.4) is 0 Å². The first-order valence-electron chi connectivity index (χ1n) is 11.1. The highest BCUT2D eigenvalue weighted by Crippen LogP contribution is 2.34. The van der Waals surface area contributed by atoms with Crippen LogP contribution in [0, 0.1) is 5.82 Å². The molecule has 0 bridgehead atoms. The van der Waals surface area contributed by atoms with Gasteiger partial charge < -0.3 is 9.62 Å². The van der Waals surface area contributed by atoms with E-state index in [9.17, 15) is 9.18 Å². The van der Waals surface area contributed by atoms with E-state index in [0.717, 1.165) is 41.7 Å². The van der Waals surface area contributed by atoms with Gasteiger partial charge in [-0.15, -0.1) is 0 Å². The Labute approximate surface area is 206 Å². The molecule has 0 saturated carbocycles. The molecule has 1 aliphatic rings. The minimum absolute atomic E-state index is 0.00689. The SMILES string of the molecule is O=C(Nc1ccc(Cl)c(-c2nccc3ncccc23)c1)c1ccc(N2CCCCCS2)cc1F. The van der Waals surface area contributed by atoms with Crippen molar-refractivity contribution in [2.45, 2.75) is 19.3 Å². The number of hydrogen-bond acceptors (Lipinski definition) is 5. The third-order valence-corrected chi connectivity index (χ3v) is 7.25. The van der Waals surface area contributed by atoms with Crippen LogP contribution in [0.2, 0.25) is 5.02 Å². The summed E-state index contributed by atoms with van der Waals surface area (Å²) in [5, 5.41) is 4.14. The van der Waals surface area contributed by atoms with Gasteiger partial charge in [0.25, 0.3) is 5.91 Å². The van der Waals surface area contributed by atoms with Crippen LogP contribution in [0.4, 0.5) is 15.8 Å². The van der Waals surface area contributed by atoms with Crippen molar-refractivity contribution in [3.8, 4) is 11.3 Å². The van der Waals surface area contributed by atoms with E-state index < -0.39 is 11.7 Å². The highest BCUT2D eigenvalue weighted by Gasteiger charge is 2.18. The predicted octanol–water partition coefficient (Wildman–Crippen LogP) is 6.98. The summed E-state index contributed by atoms with van der Waals surface area (Å²) in [7, 11) is 0. The molecule has 5 rings (SSSR count). The number of rotatable bonds is 4. The highest BCUT2D eigenvalue weighted by molar-refractivity contribution is 8.00. The molecule has 1 fully saturated rings. The van der Waals surface area contributed by atoms with Gasteiger partial charge in [0.2, 0.25) is 0 Å². The molecule has 2 aromatic carbocycles. The Bertz CT molecular complexity index is 1350. The number of fused-ring (bicyclic) bond motifs is 1. The summed E-state index contributed by atoms with van der Waals surface area (Å²) in [6.07, 6.45) is 6.82. The quantitative estimate of drug-likeness (QED) is 0.311. The molecule has 0 radical (unpaired) electrons. The van der Waals surface area contributed by atoms with Crippen LogP contribution < -0.4 is 9.62 Å². The summed E-state index contributed by atoms with van der Waals surface area (Å²) in [5.74, 6) is -0.0473. The summed E-state index contributed by atoms with van der Waals surface area (Å²) >= 11 is 8.18. The Hall–Kier alpha value is -3.16. The van der Waals surface area contributed by atoms with Gasteiger partial charge in [-0.05, 0) is 79.4 Å². The number of aromatic nitrogens is 2. The molecule has 1 amide bonds. The van der Waals surface area contributed by atoms with Crippen molar-refractivity contribution in [2.75, 3.05) is 21.9 Å². The normalized spacial score (nSPS) is 14.1. The molecule has 0 aliphatic carbocycles. The van der Waals surface area contributed by atoms with Crippen LogP contribution in [0.15, 0.2) is 67.0 Å². The lowest BCUT2D eigenvalue weighted by atomic mass is 10.1. The Kier molecular flexibility index (Phi) is 6.65. The van der Waals surface area contributed by atoms with Crippen LogP contribution in [-0.2, 0) is 0 Å². The second kappa shape index (κ2) is 9.99. The van der Waals surface area contributed by atoms with E-state index in [1.54, 1.807) is 54.7 Å². The van der Waals surface area contributed by atoms with Crippen molar-refractivity contribution < 1.29 is 9.18 Å². The summed E-state index contributed by atoms with van der Waals surface area (Å²) in [4.78, 5) is 21.7. The average molecular weight is 493 g/mol. The maximum atomic E-state index is 14.9. The Morgan fingerprint density at radius 2 is 1.94 bits per heavy atom. The van der Waals surface area contributed by atoms with Gasteiger partial charge in [-0.3, -0.25) is 14.8 Å². The highest BCUT2D eigenvalue weighted by atomic mass is 35.5. The largest absolute Gasteiger partial charge is 0.322 e. The Morgan fingerprint density at radius 3 is 2.82 bits per heavy atom. The van der Waals surface area contributed by atoms with Crippen LogP contribution in [0.1, 0.15) is 29.6 Å². The molecule has 172 valence electrons. The van der Waals surface area contributed by atoms with E-state index in [2.05, 4.69) is 19.6 Å². The lowest BCUT2D eigenvalue weighted by Crippen LogP contribution is -2.17. The van der Waals surface area contributed by atoms with Crippen molar-refractivity contribution in [1.82, 2.24) is 9.97 Å². The van der Waals surface area contributed by atoms with Gasteiger partial charge in [0, 0.05) is 47.0 Å². The van der Waals surface area contributed by atoms with Crippen LogP contribution in [-0.4, -0.2) is 28.2 Å². The zero-order valence-corrected chi connectivity index (χ0v) is 19.9. The van der Waals surface area contributed by atoms with E-state index in [1.807, 2.05) is 18.2 Å². The van der Waals surface area contributed by atoms with E-state index in [0.29, 0.717) is 22.0 Å². The van der Waals surface area contributed by atoms with E-state index in [-0.39, 0.29) is 5.56 Å². The summed E-state index contributed by atoms with van der Waals surface area (Å²) in [6, 6.07) is 15.5. The van der Waals surface area contributed by atoms with Crippen LogP contribution in [0.5, 0.6) is 0 Å².